The van der Waals surface area contributed by atoms with Crippen molar-refractivity contribution in [2.24, 2.45) is 11.8 Å². The van der Waals surface area contributed by atoms with Crippen molar-refractivity contribution in [3.05, 3.63) is 36.8 Å². The maximum Gasteiger partial charge on any atom is 0.243 e. The molecule has 0 radical (unpaired) electrons. The fraction of sp³-hybridized carbons (Fsp3) is 0.333. The topological polar surface area (TPSA) is 98.4 Å². The summed E-state index contributed by atoms with van der Waals surface area (Å²) in [5.41, 5.74) is 9.59. The van der Waals surface area contributed by atoms with Gasteiger partial charge in [0.15, 0.2) is 11.5 Å². The molecular formula is C18H18N8. The van der Waals surface area contributed by atoms with E-state index in [1.54, 1.807) is 15.2 Å². The lowest BCUT2D eigenvalue weighted by Gasteiger charge is -2.14. The van der Waals surface area contributed by atoms with Crippen LogP contribution in [0.5, 0.6) is 0 Å². The Morgan fingerprint density at radius 1 is 1.00 bits per heavy atom. The Bertz CT molecular complexity index is 1130. The molecule has 0 aromatic carbocycles. The molecular weight excluding hydrogens is 328 g/mol. The van der Waals surface area contributed by atoms with Crippen LogP contribution in [0.25, 0.3) is 22.4 Å². The highest BCUT2D eigenvalue weighted by molar-refractivity contribution is 5.86. The van der Waals surface area contributed by atoms with Gasteiger partial charge in [-0.25, -0.2) is 14.0 Å². The molecule has 4 aromatic heterocycles. The van der Waals surface area contributed by atoms with Gasteiger partial charge in [-0.15, -0.1) is 5.10 Å². The van der Waals surface area contributed by atoms with Crippen molar-refractivity contribution < 1.29 is 0 Å². The van der Waals surface area contributed by atoms with Gasteiger partial charge in [-0.05, 0) is 49.3 Å². The molecule has 0 aliphatic heterocycles. The van der Waals surface area contributed by atoms with Gasteiger partial charge >= 0.3 is 0 Å². The van der Waals surface area contributed by atoms with Gasteiger partial charge in [0.05, 0.1) is 5.69 Å². The number of fused-ring (bicyclic) bond motifs is 3. The molecule has 4 heterocycles. The van der Waals surface area contributed by atoms with E-state index in [2.05, 4.69) is 25.5 Å². The van der Waals surface area contributed by atoms with Crippen LogP contribution in [0.15, 0.2) is 36.8 Å². The first-order chi connectivity index (χ1) is 12.7. The molecule has 0 amide bonds. The van der Waals surface area contributed by atoms with Crippen LogP contribution >= 0.6 is 0 Å². The predicted molar refractivity (Wildman–Crippen MR) is 97.6 cm³/mol. The standard InChI is InChI=1S/C18H18N8/c19-17-16-13(14-1-2-15-20-4-6-25(15)23-14)3-5-26(16)24-18(22-17)21-12-8-10-7-11(10)9-12/h1-6,10-12H,7-9H2,(H3,19,21,22,24). The SMILES string of the molecule is Nc1nc(NC2CC3CC3C2)nn2ccc(-c3ccc4nccn4n3)c12. The summed E-state index contributed by atoms with van der Waals surface area (Å²) in [6, 6.07) is 6.31. The first-order valence-electron chi connectivity index (χ1n) is 8.97. The molecule has 2 aliphatic rings. The summed E-state index contributed by atoms with van der Waals surface area (Å²) in [5, 5.41) is 12.7. The van der Waals surface area contributed by atoms with Gasteiger partial charge in [0.2, 0.25) is 5.95 Å². The monoisotopic (exact) mass is 346 g/mol. The van der Waals surface area contributed by atoms with Crippen molar-refractivity contribution in [3.63, 3.8) is 0 Å². The lowest BCUT2D eigenvalue weighted by Crippen LogP contribution is -2.20. The molecule has 6 rings (SSSR count). The third kappa shape index (κ3) is 2.08. The van der Waals surface area contributed by atoms with E-state index in [1.807, 2.05) is 30.6 Å². The fourth-order valence-electron chi connectivity index (χ4n) is 4.29. The lowest BCUT2D eigenvalue weighted by molar-refractivity contribution is 0.642. The number of hydrogen-bond donors (Lipinski definition) is 2. The van der Waals surface area contributed by atoms with E-state index in [1.165, 1.54) is 19.3 Å². The van der Waals surface area contributed by atoms with Crippen LogP contribution in [-0.4, -0.2) is 35.2 Å². The maximum atomic E-state index is 6.28. The van der Waals surface area contributed by atoms with E-state index < -0.39 is 0 Å². The minimum absolute atomic E-state index is 0.457. The molecule has 26 heavy (non-hydrogen) atoms. The zero-order valence-electron chi connectivity index (χ0n) is 14.1. The zero-order chi connectivity index (χ0) is 17.3. The quantitative estimate of drug-likeness (QED) is 0.590. The van der Waals surface area contributed by atoms with Crippen molar-refractivity contribution in [2.45, 2.75) is 25.3 Å². The Morgan fingerprint density at radius 2 is 1.88 bits per heavy atom. The molecule has 4 aromatic rings. The third-order valence-electron chi connectivity index (χ3n) is 5.65. The van der Waals surface area contributed by atoms with Crippen molar-refractivity contribution in [1.82, 2.24) is 29.2 Å². The summed E-state index contributed by atoms with van der Waals surface area (Å²) in [5.74, 6) is 2.88. The number of nitrogen functional groups attached to an aromatic ring is 1. The molecule has 2 atom stereocenters. The number of rotatable bonds is 3. The normalized spacial score (nSPS) is 24.2. The number of anilines is 2. The summed E-state index contributed by atoms with van der Waals surface area (Å²) in [6.07, 6.45) is 9.29. The number of nitrogens with two attached hydrogens (primary N) is 1. The van der Waals surface area contributed by atoms with Gasteiger partial charge < -0.3 is 11.1 Å². The Labute approximate surface area is 149 Å². The van der Waals surface area contributed by atoms with Gasteiger partial charge in [0.1, 0.15) is 5.52 Å². The van der Waals surface area contributed by atoms with Gasteiger partial charge in [-0.3, -0.25) is 0 Å². The van der Waals surface area contributed by atoms with E-state index in [-0.39, 0.29) is 0 Å². The van der Waals surface area contributed by atoms with Crippen molar-refractivity contribution in [3.8, 4) is 11.3 Å². The van der Waals surface area contributed by atoms with Crippen molar-refractivity contribution in [1.29, 1.82) is 0 Å². The van der Waals surface area contributed by atoms with Crippen LogP contribution in [0.4, 0.5) is 11.8 Å². The van der Waals surface area contributed by atoms with E-state index in [9.17, 15) is 0 Å². The lowest BCUT2D eigenvalue weighted by atomic mass is 10.2. The minimum atomic E-state index is 0.457. The number of nitrogens with one attached hydrogen (secondary N) is 1. The van der Waals surface area contributed by atoms with Gasteiger partial charge in [0.25, 0.3) is 0 Å². The largest absolute Gasteiger partial charge is 0.382 e. The summed E-state index contributed by atoms with van der Waals surface area (Å²) >= 11 is 0. The maximum absolute atomic E-state index is 6.28. The van der Waals surface area contributed by atoms with Crippen molar-refractivity contribution >= 4 is 22.9 Å². The number of aromatic nitrogens is 6. The number of hydrogen-bond acceptors (Lipinski definition) is 6. The molecule has 8 nitrogen and oxygen atoms in total. The fourth-order valence-corrected chi connectivity index (χ4v) is 4.29. The van der Waals surface area contributed by atoms with Crippen LogP contribution in [0, 0.1) is 11.8 Å². The summed E-state index contributed by atoms with van der Waals surface area (Å²) < 4.78 is 3.53. The molecule has 0 saturated heterocycles. The van der Waals surface area contributed by atoms with Gasteiger partial charge in [-0.2, -0.15) is 10.1 Å². The minimum Gasteiger partial charge on any atom is -0.382 e. The zero-order valence-corrected chi connectivity index (χ0v) is 14.1. The average Bonchev–Trinajstić information content (AvgIpc) is 3.03. The number of nitrogens with zero attached hydrogens (tertiary/aromatic N) is 6. The molecule has 130 valence electrons. The second-order valence-electron chi connectivity index (χ2n) is 7.36. The van der Waals surface area contributed by atoms with Gasteiger partial charge in [0, 0.05) is 30.2 Å². The molecule has 2 unspecified atom stereocenters. The second-order valence-corrected chi connectivity index (χ2v) is 7.36. The van der Waals surface area contributed by atoms with Crippen LogP contribution in [0.2, 0.25) is 0 Å². The van der Waals surface area contributed by atoms with E-state index >= 15 is 0 Å². The second kappa shape index (κ2) is 4.94. The summed E-state index contributed by atoms with van der Waals surface area (Å²) in [6.45, 7) is 0. The summed E-state index contributed by atoms with van der Waals surface area (Å²) in [4.78, 5) is 8.73. The van der Waals surface area contributed by atoms with E-state index in [0.29, 0.717) is 17.8 Å². The first-order valence-corrected chi connectivity index (χ1v) is 8.97. The summed E-state index contributed by atoms with van der Waals surface area (Å²) in [7, 11) is 0. The molecule has 2 aliphatic carbocycles. The predicted octanol–water partition coefficient (Wildman–Crippen LogP) is 2.23. The van der Waals surface area contributed by atoms with Crippen LogP contribution in [-0.2, 0) is 0 Å². The van der Waals surface area contributed by atoms with Crippen LogP contribution < -0.4 is 11.1 Å². The Kier molecular flexibility index (Phi) is 2.67. The van der Waals surface area contributed by atoms with E-state index in [4.69, 9.17) is 5.73 Å². The van der Waals surface area contributed by atoms with Crippen LogP contribution in [0.1, 0.15) is 19.3 Å². The molecule has 0 spiro atoms. The molecule has 2 fully saturated rings. The third-order valence-corrected chi connectivity index (χ3v) is 5.65. The molecule has 3 N–H and O–H groups in total. The van der Waals surface area contributed by atoms with Crippen molar-refractivity contribution in [2.75, 3.05) is 11.1 Å². The molecule has 0 bridgehead atoms. The Hall–Kier alpha value is -3.16. The smallest absolute Gasteiger partial charge is 0.243 e. The van der Waals surface area contributed by atoms with Crippen LogP contribution in [0.3, 0.4) is 0 Å². The first kappa shape index (κ1) is 14.1. The Balaban J connectivity index is 1.39. The molecule has 8 heteroatoms. The molecule has 2 saturated carbocycles. The highest BCUT2D eigenvalue weighted by atomic mass is 15.3. The number of imidazole rings is 1. The average molecular weight is 346 g/mol. The highest BCUT2D eigenvalue weighted by Crippen LogP contribution is 2.52. The highest BCUT2D eigenvalue weighted by Gasteiger charge is 2.45. The Morgan fingerprint density at radius 3 is 2.77 bits per heavy atom. The van der Waals surface area contributed by atoms with E-state index in [0.717, 1.165) is 34.3 Å². The van der Waals surface area contributed by atoms with Gasteiger partial charge in [-0.1, -0.05) is 0 Å².